The number of ether oxygens (including phenoxy) is 1. The number of hydrogen-bond donors (Lipinski definition) is 2. The zero-order chi connectivity index (χ0) is 14.4. The van der Waals surface area contributed by atoms with E-state index >= 15 is 0 Å². The molecule has 20 heavy (non-hydrogen) atoms. The second-order valence-corrected chi connectivity index (χ2v) is 4.48. The van der Waals surface area contributed by atoms with Crippen LogP contribution in [0.25, 0.3) is 0 Å². The highest BCUT2D eigenvalue weighted by Crippen LogP contribution is 2.30. The highest BCUT2D eigenvalue weighted by atomic mass is 16.5. The summed E-state index contributed by atoms with van der Waals surface area (Å²) in [6.45, 7) is 3.50. The first kappa shape index (κ1) is 14.2. The van der Waals surface area contributed by atoms with Crippen molar-refractivity contribution >= 4 is 17.6 Å². The Morgan fingerprint density at radius 1 is 1.30 bits per heavy atom. The van der Waals surface area contributed by atoms with E-state index in [-0.39, 0.29) is 18.5 Å². The molecule has 0 unspecified atom stereocenters. The number of rotatable bonds is 5. The van der Waals surface area contributed by atoms with Crippen LogP contribution >= 0.6 is 0 Å². The van der Waals surface area contributed by atoms with Gasteiger partial charge in [-0.25, -0.2) is 4.79 Å². The Bertz CT molecular complexity index is 490. The molecule has 1 aromatic rings. The summed E-state index contributed by atoms with van der Waals surface area (Å²) in [5.41, 5.74) is 0.750. The molecule has 0 saturated carbocycles. The van der Waals surface area contributed by atoms with Crippen molar-refractivity contribution < 1.29 is 14.3 Å². The summed E-state index contributed by atoms with van der Waals surface area (Å²) in [6.07, 6.45) is 0.892. The molecule has 0 atom stereocenters. The second kappa shape index (κ2) is 6.79. The summed E-state index contributed by atoms with van der Waals surface area (Å²) >= 11 is 0. The number of hydrogen-bond acceptors (Lipinski definition) is 3. The number of amides is 3. The molecule has 0 aromatic heterocycles. The van der Waals surface area contributed by atoms with E-state index in [2.05, 4.69) is 10.6 Å². The van der Waals surface area contributed by atoms with Gasteiger partial charge in [-0.1, -0.05) is 19.1 Å². The summed E-state index contributed by atoms with van der Waals surface area (Å²) < 4.78 is 5.36. The predicted molar refractivity (Wildman–Crippen MR) is 76.0 cm³/mol. The maximum absolute atomic E-state index is 11.9. The standard InChI is InChI=1S/C14H19N3O3/c1-2-7-15-14(19)16-8-9-17-11-5-3-4-6-12(11)20-10-13(17)18/h3-6H,2,7-10H2,1H3,(H2,15,16,19). The first-order chi connectivity index (χ1) is 9.72. The minimum atomic E-state index is -0.208. The van der Waals surface area contributed by atoms with Crippen LogP contribution in [0.1, 0.15) is 13.3 Å². The molecule has 0 saturated heterocycles. The molecule has 2 N–H and O–H groups in total. The Hall–Kier alpha value is -2.24. The Balaban J connectivity index is 1.89. The fraction of sp³-hybridized carbons (Fsp3) is 0.429. The molecule has 108 valence electrons. The van der Waals surface area contributed by atoms with E-state index in [9.17, 15) is 9.59 Å². The number of anilines is 1. The van der Waals surface area contributed by atoms with Gasteiger partial charge in [-0.15, -0.1) is 0 Å². The van der Waals surface area contributed by atoms with Gasteiger partial charge in [-0.3, -0.25) is 4.79 Å². The molecule has 6 heteroatoms. The number of nitrogens with one attached hydrogen (secondary N) is 2. The van der Waals surface area contributed by atoms with E-state index < -0.39 is 0 Å². The lowest BCUT2D eigenvalue weighted by molar-refractivity contribution is -0.121. The molecule has 3 amide bonds. The normalized spacial score (nSPS) is 13.4. The van der Waals surface area contributed by atoms with Crippen LogP contribution in [0.2, 0.25) is 0 Å². The average molecular weight is 277 g/mol. The Kier molecular flexibility index (Phi) is 4.81. The number of carbonyl (C=O) groups excluding carboxylic acids is 2. The van der Waals surface area contributed by atoms with Crippen molar-refractivity contribution in [3.05, 3.63) is 24.3 Å². The van der Waals surface area contributed by atoms with Gasteiger partial charge >= 0.3 is 6.03 Å². The Morgan fingerprint density at radius 3 is 2.85 bits per heavy atom. The number of urea groups is 1. The Labute approximate surface area is 118 Å². The van der Waals surface area contributed by atoms with E-state index in [4.69, 9.17) is 4.74 Å². The van der Waals surface area contributed by atoms with Gasteiger partial charge < -0.3 is 20.3 Å². The third-order valence-electron chi connectivity index (χ3n) is 2.96. The number of fused-ring (bicyclic) bond motifs is 1. The van der Waals surface area contributed by atoms with E-state index in [1.54, 1.807) is 4.90 Å². The molecule has 1 heterocycles. The number of nitrogens with zero attached hydrogens (tertiary/aromatic N) is 1. The highest BCUT2D eigenvalue weighted by molar-refractivity contribution is 5.97. The molecule has 0 fully saturated rings. The first-order valence-electron chi connectivity index (χ1n) is 6.76. The van der Waals surface area contributed by atoms with Gasteiger partial charge in [0.25, 0.3) is 5.91 Å². The first-order valence-corrected chi connectivity index (χ1v) is 6.76. The van der Waals surface area contributed by atoms with Gasteiger partial charge in [0.1, 0.15) is 5.75 Å². The van der Waals surface area contributed by atoms with Gasteiger partial charge in [0.2, 0.25) is 0 Å². The maximum Gasteiger partial charge on any atom is 0.314 e. The molecule has 2 rings (SSSR count). The molecular weight excluding hydrogens is 258 g/mol. The van der Waals surface area contributed by atoms with Crippen molar-refractivity contribution in [2.75, 3.05) is 31.1 Å². The van der Waals surface area contributed by atoms with Crippen molar-refractivity contribution in [3.63, 3.8) is 0 Å². The molecule has 0 spiro atoms. The van der Waals surface area contributed by atoms with Crippen LogP contribution in [-0.4, -0.2) is 38.2 Å². The zero-order valence-electron chi connectivity index (χ0n) is 11.5. The molecule has 0 radical (unpaired) electrons. The zero-order valence-corrected chi connectivity index (χ0v) is 11.5. The summed E-state index contributed by atoms with van der Waals surface area (Å²) in [7, 11) is 0. The van der Waals surface area contributed by atoms with Crippen molar-refractivity contribution in [2.24, 2.45) is 0 Å². The number of benzene rings is 1. The topological polar surface area (TPSA) is 70.7 Å². The summed E-state index contributed by atoms with van der Waals surface area (Å²) in [5.74, 6) is 0.599. The van der Waals surface area contributed by atoms with Crippen LogP contribution in [0.5, 0.6) is 5.75 Å². The minimum absolute atomic E-state index is 0.0407. The van der Waals surface area contributed by atoms with E-state index in [0.29, 0.717) is 25.4 Å². The summed E-state index contributed by atoms with van der Waals surface area (Å²) in [4.78, 5) is 24.9. The predicted octanol–water partition coefficient (Wildman–Crippen LogP) is 1.12. The molecule has 1 aliphatic heterocycles. The van der Waals surface area contributed by atoms with Crippen molar-refractivity contribution in [1.29, 1.82) is 0 Å². The lowest BCUT2D eigenvalue weighted by Crippen LogP contribution is -2.45. The SMILES string of the molecule is CCCNC(=O)NCCN1C(=O)COc2ccccc21. The molecule has 1 aliphatic rings. The molecule has 0 aliphatic carbocycles. The third-order valence-corrected chi connectivity index (χ3v) is 2.96. The monoisotopic (exact) mass is 277 g/mol. The van der Waals surface area contributed by atoms with Crippen LogP contribution in [-0.2, 0) is 4.79 Å². The van der Waals surface area contributed by atoms with Crippen molar-refractivity contribution in [3.8, 4) is 5.75 Å². The fourth-order valence-electron chi connectivity index (χ4n) is 1.98. The largest absolute Gasteiger partial charge is 0.482 e. The molecule has 6 nitrogen and oxygen atoms in total. The van der Waals surface area contributed by atoms with Gasteiger partial charge in [0, 0.05) is 19.6 Å². The second-order valence-electron chi connectivity index (χ2n) is 4.48. The van der Waals surface area contributed by atoms with Gasteiger partial charge in [-0.2, -0.15) is 0 Å². The fourth-order valence-corrected chi connectivity index (χ4v) is 1.98. The average Bonchev–Trinajstić information content (AvgIpc) is 2.47. The van der Waals surface area contributed by atoms with Crippen LogP contribution < -0.4 is 20.3 Å². The smallest absolute Gasteiger partial charge is 0.314 e. The minimum Gasteiger partial charge on any atom is -0.482 e. The van der Waals surface area contributed by atoms with Crippen LogP contribution in [0.3, 0.4) is 0 Å². The van der Waals surface area contributed by atoms with Crippen LogP contribution in [0, 0.1) is 0 Å². The van der Waals surface area contributed by atoms with Crippen LogP contribution in [0.4, 0.5) is 10.5 Å². The molecular formula is C14H19N3O3. The molecule has 0 bridgehead atoms. The molecule has 1 aromatic carbocycles. The summed E-state index contributed by atoms with van der Waals surface area (Å²) in [5, 5.41) is 5.45. The van der Waals surface area contributed by atoms with E-state index in [0.717, 1.165) is 12.1 Å². The number of carbonyl (C=O) groups is 2. The third kappa shape index (κ3) is 3.40. The Morgan fingerprint density at radius 2 is 2.05 bits per heavy atom. The van der Waals surface area contributed by atoms with Gasteiger partial charge in [-0.05, 0) is 18.6 Å². The van der Waals surface area contributed by atoms with E-state index in [1.807, 2.05) is 31.2 Å². The quantitative estimate of drug-likeness (QED) is 0.847. The van der Waals surface area contributed by atoms with Gasteiger partial charge in [0.05, 0.1) is 5.69 Å². The maximum atomic E-state index is 11.9. The van der Waals surface area contributed by atoms with Gasteiger partial charge in [0.15, 0.2) is 6.61 Å². The van der Waals surface area contributed by atoms with Crippen molar-refractivity contribution in [1.82, 2.24) is 10.6 Å². The summed E-state index contributed by atoms with van der Waals surface area (Å²) in [6, 6.07) is 7.18. The lowest BCUT2D eigenvalue weighted by Gasteiger charge is -2.29. The number of para-hydroxylation sites is 2. The van der Waals surface area contributed by atoms with Crippen LogP contribution in [0.15, 0.2) is 24.3 Å². The van der Waals surface area contributed by atoms with Crippen molar-refractivity contribution in [2.45, 2.75) is 13.3 Å². The highest BCUT2D eigenvalue weighted by Gasteiger charge is 2.24. The van der Waals surface area contributed by atoms with E-state index in [1.165, 1.54) is 0 Å². The lowest BCUT2D eigenvalue weighted by atomic mass is 10.2.